The van der Waals surface area contributed by atoms with Crippen LogP contribution in [-0.2, 0) is 6.42 Å². The fourth-order valence-electron chi connectivity index (χ4n) is 3.17. The molecule has 1 aromatic heterocycles. The minimum Gasteiger partial charge on any atom is -0.393 e. The smallest absolute Gasteiger partial charge is 0.159 e. The minimum atomic E-state index is -0.269. The first-order valence-electron chi connectivity index (χ1n) is 10.2. The van der Waals surface area contributed by atoms with E-state index in [-0.39, 0.29) is 11.9 Å². The number of allylic oxidation sites excluding steroid dienone is 2. The molecule has 1 heterocycles. The third-order valence-corrected chi connectivity index (χ3v) is 4.87. The van der Waals surface area contributed by atoms with Gasteiger partial charge in [0.1, 0.15) is 5.82 Å². The molecule has 3 rings (SSSR count). The number of aromatic nitrogens is 2. The van der Waals surface area contributed by atoms with Gasteiger partial charge in [-0.2, -0.15) is 0 Å². The molecule has 3 aromatic rings. The maximum atomic E-state index is 14.2. The summed E-state index contributed by atoms with van der Waals surface area (Å²) >= 11 is 0. The van der Waals surface area contributed by atoms with Crippen molar-refractivity contribution in [3.63, 3.8) is 0 Å². The van der Waals surface area contributed by atoms with Crippen molar-refractivity contribution in [1.82, 2.24) is 9.97 Å². The Hall–Kier alpha value is -3.11. The lowest BCUT2D eigenvalue weighted by Gasteiger charge is -2.06. The van der Waals surface area contributed by atoms with Gasteiger partial charge in [0.05, 0.1) is 6.10 Å². The third kappa shape index (κ3) is 5.94. The molecule has 0 aliphatic heterocycles. The average Bonchev–Trinajstić information content (AvgIpc) is 2.75. The van der Waals surface area contributed by atoms with Gasteiger partial charge < -0.3 is 5.11 Å². The van der Waals surface area contributed by atoms with Gasteiger partial charge in [-0.3, -0.25) is 0 Å². The van der Waals surface area contributed by atoms with Crippen LogP contribution in [0.4, 0.5) is 4.39 Å². The molecule has 0 saturated carbocycles. The molecule has 0 saturated heterocycles. The lowest BCUT2D eigenvalue weighted by atomic mass is 10.1. The summed E-state index contributed by atoms with van der Waals surface area (Å²) < 4.78 is 14.2. The van der Waals surface area contributed by atoms with Crippen LogP contribution in [0.15, 0.2) is 73.6 Å². The molecule has 0 radical (unpaired) electrons. The van der Waals surface area contributed by atoms with E-state index in [1.807, 2.05) is 25.1 Å². The number of nitrogens with zero attached hydrogens (tertiary/aromatic N) is 2. The van der Waals surface area contributed by atoms with Crippen LogP contribution in [0.5, 0.6) is 0 Å². The monoisotopic (exact) mass is 402 g/mol. The molecule has 0 aliphatic rings. The number of aliphatic hydroxyl groups is 1. The number of hydrogen-bond acceptors (Lipinski definition) is 3. The number of halogens is 1. The zero-order chi connectivity index (χ0) is 21.3. The van der Waals surface area contributed by atoms with Crippen LogP contribution in [0.25, 0.3) is 28.6 Å². The molecule has 30 heavy (non-hydrogen) atoms. The van der Waals surface area contributed by atoms with Crippen molar-refractivity contribution in [3.05, 3.63) is 90.5 Å². The Morgan fingerprint density at radius 3 is 2.37 bits per heavy atom. The number of rotatable bonds is 9. The number of aliphatic hydroxyl groups excluding tert-OH is 1. The van der Waals surface area contributed by atoms with Crippen LogP contribution in [0, 0.1) is 5.82 Å². The van der Waals surface area contributed by atoms with E-state index < -0.39 is 0 Å². The summed E-state index contributed by atoms with van der Waals surface area (Å²) in [6.07, 6.45) is 12.5. The Labute approximate surface area is 177 Å². The van der Waals surface area contributed by atoms with Crippen LogP contribution in [-0.4, -0.2) is 21.2 Å². The largest absolute Gasteiger partial charge is 0.393 e. The lowest BCUT2D eigenvalue weighted by Crippen LogP contribution is -1.97. The highest BCUT2D eigenvalue weighted by Gasteiger charge is 2.07. The van der Waals surface area contributed by atoms with Gasteiger partial charge in [0.2, 0.25) is 0 Å². The van der Waals surface area contributed by atoms with Crippen LogP contribution >= 0.6 is 0 Å². The molecule has 0 bridgehead atoms. The first kappa shape index (κ1) is 21.6. The molecule has 0 spiro atoms. The standard InChI is InChI=1S/C26H27FN2O/c1-3-7-22-14-15-23(16-25(22)27)26-28-17-24(18-29-26)21-12-10-20(11-13-21)9-6-4-5-8-19(2)30/h3,6,9-19,30H,1,4-5,7-8H2,2H3. The van der Waals surface area contributed by atoms with Gasteiger partial charge in [0.25, 0.3) is 0 Å². The number of hydrogen-bond donors (Lipinski definition) is 1. The van der Waals surface area contributed by atoms with E-state index in [1.54, 1.807) is 24.5 Å². The molecule has 0 aliphatic carbocycles. The Bertz CT molecular complexity index is 993. The van der Waals surface area contributed by atoms with Crippen molar-refractivity contribution in [2.75, 3.05) is 0 Å². The minimum absolute atomic E-state index is 0.234. The van der Waals surface area contributed by atoms with Crippen molar-refractivity contribution >= 4 is 6.08 Å². The predicted molar refractivity (Wildman–Crippen MR) is 121 cm³/mol. The molecule has 1 unspecified atom stereocenters. The van der Waals surface area contributed by atoms with Crippen LogP contribution in [0.1, 0.15) is 37.3 Å². The second-order valence-corrected chi connectivity index (χ2v) is 7.40. The molecule has 3 nitrogen and oxygen atoms in total. The quantitative estimate of drug-likeness (QED) is 0.340. The van der Waals surface area contributed by atoms with E-state index in [0.29, 0.717) is 23.4 Å². The molecule has 154 valence electrons. The lowest BCUT2D eigenvalue weighted by molar-refractivity contribution is 0.182. The van der Waals surface area contributed by atoms with E-state index in [9.17, 15) is 9.50 Å². The average molecular weight is 403 g/mol. The summed E-state index contributed by atoms with van der Waals surface area (Å²) in [7, 11) is 0. The number of benzene rings is 2. The van der Waals surface area contributed by atoms with Crippen LogP contribution in [0.3, 0.4) is 0 Å². The van der Waals surface area contributed by atoms with Gasteiger partial charge in [-0.25, -0.2) is 14.4 Å². The van der Waals surface area contributed by atoms with Gasteiger partial charge in [-0.05, 0) is 55.4 Å². The summed E-state index contributed by atoms with van der Waals surface area (Å²) in [6.45, 7) is 5.46. The third-order valence-electron chi connectivity index (χ3n) is 4.87. The Morgan fingerprint density at radius 2 is 1.73 bits per heavy atom. The van der Waals surface area contributed by atoms with E-state index >= 15 is 0 Å². The molecule has 1 N–H and O–H groups in total. The van der Waals surface area contributed by atoms with Crippen LogP contribution < -0.4 is 0 Å². The maximum Gasteiger partial charge on any atom is 0.159 e. The molecule has 1 atom stereocenters. The molecule has 0 amide bonds. The molecule has 2 aromatic carbocycles. The van der Waals surface area contributed by atoms with Gasteiger partial charge in [0, 0.05) is 23.5 Å². The predicted octanol–water partition coefficient (Wildman–Crippen LogP) is 6.24. The van der Waals surface area contributed by atoms with Gasteiger partial charge >= 0.3 is 0 Å². The zero-order valence-electron chi connectivity index (χ0n) is 17.3. The maximum absolute atomic E-state index is 14.2. The molecular formula is C26H27FN2O. The van der Waals surface area contributed by atoms with Gasteiger partial charge in [0.15, 0.2) is 5.82 Å². The van der Waals surface area contributed by atoms with Crippen LogP contribution in [0.2, 0.25) is 0 Å². The summed E-state index contributed by atoms with van der Waals surface area (Å²) in [5, 5.41) is 9.28. The second kappa shape index (κ2) is 10.6. The van der Waals surface area contributed by atoms with E-state index in [1.165, 1.54) is 6.07 Å². The first-order chi connectivity index (χ1) is 14.6. The topological polar surface area (TPSA) is 46.0 Å². The Balaban J connectivity index is 1.65. The Morgan fingerprint density at radius 1 is 1.03 bits per heavy atom. The number of unbranched alkanes of at least 4 members (excludes halogenated alkanes) is 1. The van der Waals surface area contributed by atoms with Crippen molar-refractivity contribution in [3.8, 4) is 22.5 Å². The zero-order valence-corrected chi connectivity index (χ0v) is 17.3. The summed E-state index contributed by atoms with van der Waals surface area (Å²) in [5.41, 5.74) is 4.34. The molecule has 0 fully saturated rings. The summed E-state index contributed by atoms with van der Waals surface area (Å²) in [4.78, 5) is 8.83. The summed E-state index contributed by atoms with van der Waals surface area (Å²) in [5.74, 6) is 0.231. The van der Waals surface area contributed by atoms with E-state index in [2.05, 4.69) is 40.8 Å². The first-order valence-corrected chi connectivity index (χ1v) is 10.2. The van der Waals surface area contributed by atoms with E-state index in [4.69, 9.17) is 0 Å². The highest BCUT2D eigenvalue weighted by atomic mass is 19.1. The SMILES string of the molecule is C=CCc1ccc(-c2ncc(-c3ccc(C=CCCCC(C)O)cc3)cn2)cc1F. The van der Waals surface area contributed by atoms with Crippen molar-refractivity contribution in [2.24, 2.45) is 0 Å². The van der Waals surface area contributed by atoms with Crippen molar-refractivity contribution in [1.29, 1.82) is 0 Å². The van der Waals surface area contributed by atoms with E-state index in [0.717, 1.165) is 36.0 Å². The van der Waals surface area contributed by atoms with Gasteiger partial charge in [-0.1, -0.05) is 54.6 Å². The fourth-order valence-corrected chi connectivity index (χ4v) is 3.17. The molecular weight excluding hydrogens is 375 g/mol. The fraction of sp³-hybridized carbons (Fsp3) is 0.231. The highest BCUT2D eigenvalue weighted by Crippen LogP contribution is 2.23. The normalized spacial score (nSPS) is 12.2. The molecule has 4 heteroatoms. The van der Waals surface area contributed by atoms with Crippen molar-refractivity contribution < 1.29 is 9.50 Å². The summed E-state index contributed by atoms with van der Waals surface area (Å²) in [6, 6.07) is 13.2. The highest BCUT2D eigenvalue weighted by molar-refractivity contribution is 5.66. The second-order valence-electron chi connectivity index (χ2n) is 7.40. The van der Waals surface area contributed by atoms with Crippen molar-refractivity contribution in [2.45, 2.75) is 38.7 Å². The Kier molecular flexibility index (Phi) is 7.63. The van der Waals surface area contributed by atoms with Gasteiger partial charge in [-0.15, -0.1) is 6.58 Å².